The highest BCUT2D eigenvalue weighted by molar-refractivity contribution is 5.67. The van der Waals surface area contributed by atoms with Crippen LogP contribution in [0, 0.1) is 0 Å². The van der Waals surface area contributed by atoms with Crippen molar-refractivity contribution < 1.29 is 13.2 Å². The Morgan fingerprint density at radius 2 is 1.95 bits per heavy atom. The highest BCUT2D eigenvalue weighted by Gasteiger charge is 2.35. The van der Waals surface area contributed by atoms with Crippen molar-refractivity contribution in [1.29, 1.82) is 0 Å². The maximum absolute atomic E-state index is 12.8. The zero-order valence-corrected chi connectivity index (χ0v) is 11.8. The number of halogens is 3. The van der Waals surface area contributed by atoms with Crippen molar-refractivity contribution in [3.8, 4) is 0 Å². The number of pyridine rings is 1. The van der Waals surface area contributed by atoms with Crippen LogP contribution in [0.3, 0.4) is 0 Å². The number of nitrogens with two attached hydrogens (primary N) is 1. The van der Waals surface area contributed by atoms with Crippen molar-refractivity contribution in [1.82, 2.24) is 9.88 Å². The Morgan fingerprint density at radius 1 is 1.30 bits per heavy atom. The molecule has 0 atom stereocenters. The second kappa shape index (κ2) is 4.80. The topological polar surface area (TPSA) is 45.4 Å². The van der Waals surface area contributed by atoms with E-state index in [0.29, 0.717) is 18.8 Å². The van der Waals surface area contributed by atoms with E-state index in [1.807, 2.05) is 11.9 Å². The standard InChI is InChI=1S/C13H19F3N4/c1-12(2)8-20(5-4-19(12)3)10-6-11(13(14,15)16)18-7-9(10)17/h6-7H,4-5,8,17H2,1-3H3. The van der Waals surface area contributed by atoms with Gasteiger partial charge in [0.05, 0.1) is 17.6 Å². The number of rotatable bonds is 1. The smallest absolute Gasteiger partial charge is 0.396 e. The third-order valence-electron chi connectivity index (χ3n) is 3.86. The van der Waals surface area contributed by atoms with Gasteiger partial charge in [0, 0.05) is 25.2 Å². The van der Waals surface area contributed by atoms with Gasteiger partial charge in [0.2, 0.25) is 0 Å². The van der Waals surface area contributed by atoms with E-state index in [1.165, 1.54) is 0 Å². The molecule has 0 unspecified atom stereocenters. The predicted molar refractivity (Wildman–Crippen MR) is 72.6 cm³/mol. The van der Waals surface area contributed by atoms with E-state index >= 15 is 0 Å². The molecule has 1 aliphatic heterocycles. The summed E-state index contributed by atoms with van der Waals surface area (Å²) in [5.74, 6) is 0. The number of alkyl halides is 3. The molecule has 2 N–H and O–H groups in total. The molecule has 1 fully saturated rings. The van der Waals surface area contributed by atoms with Crippen LogP contribution in [0.2, 0.25) is 0 Å². The highest BCUT2D eigenvalue weighted by atomic mass is 19.4. The SMILES string of the molecule is CN1CCN(c2cc(C(F)(F)F)ncc2N)CC1(C)C. The fourth-order valence-electron chi connectivity index (χ4n) is 2.33. The number of nitrogens with zero attached hydrogens (tertiary/aromatic N) is 3. The Bertz CT molecular complexity index is 499. The summed E-state index contributed by atoms with van der Waals surface area (Å²) in [4.78, 5) is 7.45. The van der Waals surface area contributed by atoms with Gasteiger partial charge < -0.3 is 10.6 Å². The van der Waals surface area contributed by atoms with Crippen molar-refractivity contribution >= 4 is 11.4 Å². The van der Waals surface area contributed by atoms with E-state index in [1.54, 1.807) is 0 Å². The van der Waals surface area contributed by atoms with Crippen molar-refractivity contribution in [2.24, 2.45) is 0 Å². The van der Waals surface area contributed by atoms with E-state index in [-0.39, 0.29) is 11.2 Å². The molecule has 20 heavy (non-hydrogen) atoms. The molecule has 112 valence electrons. The molecule has 0 radical (unpaired) electrons. The third kappa shape index (κ3) is 2.82. The van der Waals surface area contributed by atoms with Gasteiger partial charge in [-0.05, 0) is 27.0 Å². The molecule has 0 bridgehead atoms. The molecule has 0 spiro atoms. The molecular weight excluding hydrogens is 269 g/mol. The monoisotopic (exact) mass is 288 g/mol. The number of anilines is 2. The van der Waals surface area contributed by atoms with Crippen LogP contribution in [-0.2, 0) is 6.18 Å². The largest absolute Gasteiger partial charge is 0.433 e. The van der Waals surface area contributed by atoms with Crippen LogP contribution in [-0.4, -0.2) is 42.1 Å². The van der Waals surface area contributed by atoms with E-state index < -0.39 is 11.9 Å². The normalized spacial score (nSPS) is 20.2. The van der Waals surface area contributed by atoms with E-state index in [0.717, 1.165) is 18.8 Å². The number of aromatic nitrogens is 1. The van der Waals surface area contributed by atoms with Gasteiger partial charge in [-0.15, -0.1) is 0 Å². The summed E-state index contributed by atoms with van der Waals surface area (Å²) in [5, 5.41) is 0. The van der Waals surface area contributed by atoms with Gasteiger partial charge in [-0.25, -0.2) is 4.98 Å². The van der Waals surface area contributed by atoms with Gasteiger partial charge in [-0.1, -0.05) is 0 Å². The van der Waals surface area contributed by atoms with Crippen LogP contribution < -0.4 is 10.6 Å². The first kappa shape index (κ1) is 14.9. The summed E-state index contributed by atoms with van der Waals surface area (Å²) in [6.45, 7) is 6.15. The second-order valence-electron chi connectivity index (χ2n) is 5.78. The summed E-state index contributed by atoms with van der Waals surface area (Å²) in [7, 11) is 2.01. The minimum absolute atomic E-state index is 0.119. The van der Waals surface area contributed by atoms with Crippen molar-refractivity contribution in [3.63, 3.8) is 0 Å². The van der Waals surface area contributed by atoms with Gasteiger partial charge in [-0.2, -0.15) is 13.2 Å². The molecule has 0 saturated carbocycles. The molecule has 1 aliphatic rings. The van der Waals surface area contributed by atoms with Crippen molar-refractivity contribution in [2.45, 2.75) is 25.6 Å². The molecule has 4 nitrogen and oxygen atoms in total. The molecular formula is C13H19F3N4. The minimum atomic E-state index is -4.45. The number of hydrogen-bond acceptors (Lipinski definition) is 4. The molecule has 2 heterocycles. The maximum atomic E-state index is 12.8. The third-order valence-corrected chi connectivity index (χ3v) is 3.86. The fraction of sp³-hybridized carbons (Fsp3) is 0.615. The Hall–Kier alpha value is -1.50. The second-order valence-corrected chi connectivity index (χ2v) is 5.78. The Balaban J connectivity index is 2.33. The first-order valence-electron chi connectivity index (χ1n) is 6.40. The number of likely N-dealkylation sites (N-methyl/N-ethyl adjacent to an activating group) is 1. The van der Waals surface area contributed by atoms with Crippen LogP contribution in [0.15, 0.2) is 12.3 Å². The molecule has 0 aromatic carbocycles. The predicted octanol–water partition coefficient (Wildman–Crippen LogP) is 2.21. The van der Waals surface area contributed by atoms with E-state index in [2.05, 4.69) is 23.7 Å². The van der Waals surface area contributed by atoms with Crippen LogP contribution in [0.5, 0.6) is 0 Å². The number of piperazine rings is 1. The zero-order chi connectivity index (χ0) is 15.1. The lowest BCUT2D eigenvalue weighted by molar-refractivity contribution is -0.141. The van der Waals surface area contributed by atoms with Gasteiger partial charge in [0.1, 0.15) is 5.69 Å². The average molecular weight is 288 g/mol. The van der Waals surface area contributed by atoms with Crippen LogP contribution >= 0.6 is 0 Å². The molecule has 1 saturated heterocycles. The maximum Gasteiger partial charge on any atom is 0.433 e. The molecule has 1 aromatic heterocycles. The summed E-state index contributed by atoms with van der Waals surface area (Å²) < 4.78 is 38.3. The highest BCUT2D eigenvalue weighted by Crippen LogP contribution is 2.34. The quantitative estimate of drug-likeness (QED) is 0.860. The summed E-state index contributed by atoms with van der Waals surface area (Å²) in [6, 6.07) is 1.04. The number of hydrogen-bond donors (Lipinski definition) is 1. The lowest BCUT2D eigenvalue weighted by Crippen LogP contribution is -2.57. The lowest BCUT2D eigenvalue weighted by Gasteiger charge is -2.46. The van der Waals surface area contributed by atoms with Crippen LogP contribution in [0.1, 0.15) is 19.5 Å². The van der Waals surface area contributed by atoms with Crippen molar-refractivity contribution in [2.75, 3.05) is 37.3 Å². The Kier molecular flexibility index (Phi) is 3.58. The molecule has 7 heteroatoms. The summed E-state index contributed by atoms with van der Waals surface area (Å²) in [5.41, 5.74) is 5.47. The first-order valence-corrected chi connectivity index (χ1v) is 6.40. The summed E-state index contributed by atoms with van der Waals surface area (Å²) >= 11 is 0. The van der Waals surface area contributed by atoms with Gasteiger partial charge in [-0.3, -0.25) is 4.90 Å². The fourth-order valence-corrected chi connectivity index (χ4v) is 2.33. The molecule has 1 aromatic rings. The number of nitrogen functional groups attached to an aromatic ring is 1. The van der Waals surface area contributed by atoms with Gasteiger partial charge in [0.25, 0.3) is 0 Å². The van der Waals surface area contributed by atoms with E-state index in [9.17, 15) is 13.2 Å². The molecule has 0 aliphatic carbocycles. The zero-order valence-electron chi connectivity index (χ0n) is 11.8. The van der Waals surface area contributed by atoms with Gasteiger partial charge in [0.15, 0.2) is 0 Å². The van der Waals surface area contributed by atoms with E-state index in [4.69, 9.17) is 5.73 Å². The van der Waals surface area contributed by atoms with Crippen molar-refractivity contribution in [3.05, 3.63) is 18.0 Å². The molecule has 2 rings (SSSR count). The minimum Gasteiger partial charge on any atom is -0.396 e. The van der Waals surface area contributed by atoms with Crippen LogP contribution in [0.4, 0.5) is 24.5 Å². The summed E-state index contributed by atoms with van der Waals surface area (Å²) in [6.07, 6.45) is -3.37. The Morgan fingerprint density at radius 3 is 2.50 bits per heavy atom. The molecule has 0 amide bonds. The van der Waals surface area contributed by atoms with Gasteiger partial charge >= 0.3 is 6.18 Å². The average Bonchev–Trinajstić information content (AvgIpc) is 2.32. The van der Waals surface area contributed by atoms with Crippen LogP contribution in [0.25, 0.3) is 0 Å². The first-order chi connectivity index (χ1) is 9.11. The Labute approximate surface area is 116 Å². The lowest BCUT2D eigenvalue weighted by atomic mass is 9.99.